The molecule has 2 N–H and O–H groups in total. The van der Waals surface area contributed by atoms with Crippen LogP contribution in [0, 0.1) is 24.2 Å². The maximum Gasteiger partial charge on any atom is -0.00200 e. The smallest absolute Gasteiger partial charge is 0.00200 e. The van der Waals surface area contributed by atoms with Gasteiger partial charge in [0.2, 0.25) is 0 Å². The van der Waals surface area contributed by atoms with Gasteiger partial charge < -0.3 is 5.73 Å². The number of aryl methyl sites for hydroxylation is 1. The molecule has 1 aromatic rings. The topological polar surface area (TPSA) is 26.0 Å². The lowest BCUT2D eigenvalue weighted by Gasteiger charge is -2.62. The summed E-state index contributed by atoms with van der Waals surface area (Å²) in [5.41, 5.74) is 10.1. The van der Waals surface area contributed by atoms with E-state index in [4.69, 9.17) is 5.73 Å². The Bertz CT molecular complexity index is 473. The zero-order valence-electron chi connectivity index (χ0n) is 12.0. The highest BCUT2D eigenvalue weighted by molar-refractivity contribution is 5.32. The highest BCUT2D eigenvalue weighted by atomic mass is 14.7. The van der Waals surface area contributed by atoms with Crippen molar-refractivity contribution in [2.75, 3.05) is 6.54 Å². The quantitative estimate of drug-likeness (QED) is 0.855. The molecule has 0 spiro atoms. The Morgan fingerprint density at radius 2 is 1.68 bits per heavy atom. The van der Waals surface area contributed by atoms with Crippen molar-refractivity contribution in [2.45, 2.75) is 50.9 Å². The number of benzene rings is 1. The fourth-order valence-electron chi connectivity index (χ4n) is 5.94. The zero-order chi connectivity index (χ0) is 13.1. The third-order valence-corrected chi connectivity index (χ3v) is 6.28. The maximum atomic E-state index is 6.19. The van der Waals surface area contributed by atoms with Gasteiger partial charge in [0, 0.05) is 0 Å². The molecule has 0 amide bonds. The Hall–Kier alpha value is -0.820. The van der Waals surface area contributed by atoms with Gasteiger partial charge in [-0.1, -0.05) is 29.8 Å². The summed E-state index contributed by atoms with van der Waals surface area (Å²) in [7, 11) is 0. The molecular weight excluding hydrogens is 230 g/mol. The second-order valence-electron chi connectivity index (χ2n) is 7.81. The minimum atomic E-state index is 0.469. The van der Waals surface area contributed by atoms with Gasteiger partial charge in [-0.05, 0) is 80.2 Å². The maximum absolute atomic E-state index is 6.19. The normalized spacial score (nSPS) is 43.7. The Morgan fingerprint density at radius 1 is 1.05 bits per heavy atom. The molecule has 4 aliphatic rings. The molecule has 4 atom stereocenters. The highest BCUT2D eigenvalue weighted by Gasteiger charge is 2.57. The van der Waals surface area contributed by atoms with E-state index in [1.807, 2.05) is 0 Å². The number of hydrogen-bond donors (Lipinski definition) is 1. The van der Waals surface area contributed by atoms with Crippen LogP contribution in [0.25, 0.3) is 0 Å². The van der Waals surface area contributed by atoms with E-state index in [0.29, 0.717) is 10.8 Å². The van der Waals surface area contributed by atoms with Crippen molar-refractivity contribution >= 4 is 0 Å². The Labute approximate surface area is 116 Å². The van der Waals surface area contributed by atoms with Crippen LogP contribution in [0.4, 0.5) is 0 Å². The van der Waals surface area contributed by atoms with Crippen molar-refractivity contribution in [1.29, 1.82) is 0 Å². The molecule has 4 bridgehead atoms. The van der Waals surface area contributed by atoms with Crippen LogP contribution in [0.3, 0.4) is 0 Å². The fourth-order valence-corrected chi connectivity index (χ4v) is 5.94. The van der Waals surface area contributed by atoms with E-state index in [-0.39, 0.29) is 0 Å². The molecular formula is C18H25N. The Kier molecular flexibility index (Phi) is 2.42. The highest BCUT2D eigenvalue weighted by Crippen LogP contribution is 2.65. The van der Waals surface area contributed by atoms with Crippen molar-refractivity contribution in [3.63, 3.8) is 0 Å². The molecule has 1 nitrogen and oxygen atoms in total. The zero-order valence-corrected chi connectivity index (χ0v) is 12.0. The third kappa shape index (κ3) is 1.71. The molecule has 1 aromatic carbocycles. The molecule has 0 saturated heterocycles. The first kappa shape index (κ1) is 12.0. The number of hydrogen-bond acceptors (Lipinski definition) is 1. The van der Waals surface area contributed by atoms with Crippen molar-refractivity contribution in [2.24, 2.45) is 23.0 Å². The van der Waals surface area contributed by atoms with Crippen molar-refractivity contribution < 1.29 is 0 Å². The molecule has 2 unspecified atom stereocenters. The molecule has 102 valence electrons. The van der Waals surface area contributed by atoms with Gasteiger partial charge in [-0.3, -0.25) is 0 Å². The SMILES string of the molecule is Cc1ccc(C23C[C@@H]4C[C@@H](CC(CN)(C4)C2)C3)cc1. The van der Waals surface area contributed by atoms with E-state index < -0.39 is 0 Å². The van der Waals surface area contributed by atoms with E-state index in [9.17, 15) is 0 Å². The first-order chi connectivity index (χ1) is 9.13. The fraction of sp³-hybridized carbons (Fsp3) is 0.667. The Morgan fingerprint density at radius 3 is 2.26 bits per heavy atom. The van der Waals surface area contributed by atoms with Crippen LogP contribution in [-0.2, 0) is 5.41 Å². The summed E-state index contributed by atoms with van der Waals surface area (Å²) in [5.74, 6) is 1.90. The standard InChI is InChI=1S/C18H25N/c1-13-2-4-16(5-3-13)18-9-14-6-15(10-18)8-17(7-14,11-18)12-19/h2-5,14-15H,6-12,19H2,1H3/t14-,15+,17?,18?. The summed E-state index contributed by atoms with van der Waals surface area (Å²) in [6, 6.07) is 9.38. The van der Waals surface area contributed by atoms with E-state index in [1.165, 1.54) is 44.1 Å². The predicted molar refractivity (Wildman–Crippen MR) is 79.0 cm³/mol. The molecule has 4 aliphatic carbocycles. The van der Waals surface area contributed by atoms with Crippen LogP contribution in [0.2, 0.25) is 0 Å². The van der Waals surface area contributed by atoms with Gasteiger partial charge in [-0.15, -0.1) is 0 Å². The van der Waals surface area contributed by atoms with Crippen molar-refractivity contribution in [1.82, 2.24) is 0 Å². The molecule has 0 aromatic heterocycles. The van der Waals surface area contributed by atoms with Crippen molar-refractivity contribution in [3.8, 4) is 0 Å². The molecule has 0 aliphatic heterocycles. The summed E-state index contributed by atoms with van der Waals surface area (Å²) in [5, 5.41) is 0. The van der Waals surface area contributed by atoms with Crippen LogP contribution in [0.15, 0.2) is 24.3 Å². The second kappa shape index (κ2) is 3.85. The van der Waals surface area contributed by atoms with Gasteiger partial charge in [-0.2, -0.15) is 0 Å². The molecule has 5 rings (SSSR count). The van der Waals surface area contributed by atoms with Gasteiger partial charge in [0.05, 0.1) is 0 Å². The first-order valence-electron chi connectivity index (χ1n) is 7.90. The molecule has 19 heavy (non-hydrogen) atoms. The van der Waals surface area contributed by atoms with E-state index >= 15 is 0 Å². The summed E-state index contributed by atoms with van der Waals surface area (Å²) in [6.45, 7) is 3.10. The minimum absolute atomic E-state index is 0.469. The largest absolute Gasteiger partial charge is 0.330 e. The molecule has 0 heterocycles. The lowest BCUT2D eigenvalue weighted by atomic mass is 9.43. The van der Waals surface area contributed by atoms with Crippen LogP contribution in [0.1, 0.15) is 49.7 Å². The second-order valence-corrected chi connectivity index (χ2v) is 7.81. The average molecular weight is 255 g/mol. The van der Waals surface area contributed by atoms with Crippen molar-refractivity contribution in [3.05, 3.63) is 35.4 Å². The lowest BCUT2D eigenvalue weighted by molar-refractivity contribution is -0.0667. The molecule has 4 saturated carbocycles. The monoisotopic (exact) mass is 255 g/mol. The number of nitrogens with two attached hydrogens (primary N) is 1. The van der Waals surface area contributed by atoms with Crippen LogP contribution < -0.4 is 5.73 Å². The molecule has 0 radical (unpaired) electrons. The summed E-state index contributed by atoms with van der Waals surface area (Å²) < 4.78 is 0. The van der Waals surface area contributed by atoms with E-state index in [2.05, 4.69) is 31.2 Å². The Balaban J connectivity index is 1.76. The van der Waals surface area contributed by atoms with Crippen LogP contribution >= 0.6 is 0 Å². The van der Waals surface area contributed by atoms with E-state index in [1.54, 1.807) is 5.56 Å². The lowest BCUT2D eigenvalue weighted by Crippen LogP contribution is -2.56. The summed E-state index contributed by atoms with van der Waals surface area (Å²) in [4.78, 5) is 0. The summed E-state index contributed by atoms with van der Waals surface area (Å²) in [6.07, 6.45) is 8.51. The van der Waals surface area contributed by atoms with E-state index in [0.717, 1.165) is 18.4 Å². The average Bonchev–Trinajstić information content (AvgIpc) is 2.38. The van der Waals surface area contributed by atoms with Gasteiger partial charge >= 0.3 is 0 Å². The van der Waals surface area contributed by atoms with Gasteiger partial charge in [-0.25, -0.2) is 0 Å². The van der Waals surface area contributed by atoms with Gasteiger partial charge in [0.25, 0.3) is 0 Å². The number of rotatable bonds is 2. The predicted octanol–water partition coefficient (Wildman–Crippen LogP) is 3.79. The van der Waals surface area contributed by atoms with Gasteiger partial charge in [0.1, 0.15) is 0 Å². The molecule has 4 fully saturated rings. The van der Waals surface area contributed by atoms with Crippen LogP contribution in [-0.4, -0.2) is 6.54 Å². The van der Waals surface area contributed by atoms with Crippen LogP contribution in [0.5, 0.6) is 0 Å². The third-order valence-electron chi connectivity index (χ3n) is 6.28. The summed E-state index contributed by atoms with van der Waals surface area (Å²) >= 11 is 0. The first-order valence-corrected chi connectivity index (χ1v) is 7.90. The molecule has 1 heteroatoms. The minimum Gasteiger partial charge on any atom is -0.330 e. The van der Waals surface area contributed by atoms with Gasteiger partial charge in [0.15, 0.2) is 0 Å².